The van der Waals surface area contributed by atoms with Crippen molar-refractivity contribution in [2.75, 3.05) is 5.32 Å². The Kier molecular flexibility index (Phi) is 4.22. The molecule has 1 aromatic carbocycles. The number of anilines is 1. The van der Waals surface area contributed by atoms with Crippen LogP contribution >= 0.6 is 11.3 Å². The second-order valence-corrected chi connectivity index (χ2v) is 5.97. The van der Waals surface area contributed by atoms with Crippen molar-refractivity contribution < 1.29 is 18.0 Å². The van der Waals surface area contributed by atoms with Crippen molar-refractivity contribution in [3.63, 3.8) is 0 Å². The SMILES string of the molecule is CCc1nnc(NC(=O)Cn2c(C(F)(F)F)nc3ccccc32)s1. The van der Waals surface area contributed by atoms with E-state index in [9.17, 15) is 18.0 Å². The summed E-state index contributed by atoms with van der Waals surface area (Å²) in [6.07, 6.45) is -3.99. The number of carbonyl (C=O) groups excluding carboxylic acids is 1. The van der Waals surface area contributed by atoms with Gasteiger partial charge in [0.25, 0.3) is 0 Å². The Hall–Kier alpha value is -2.49. The highest BCUT2D eigenvalue weighted by molar-refractivity contribution is 7.15. The zero-order valence-electron chi connectivity index (χ0n) is 12.5. The van der Waals surface area contributed by atoms with Gasteiger partial charge in [-0.05, 0) is 18.6 Å². The number of alkyl halides is 3. The van der Waals surface area contributed by atoms with E-state index in [-0.39, 0.29) is 16.2 Å². The summed E-state index contributed by atoms with van der Waals surface area (Å²) in [6, 6.07) is 6.15. The van der Waals surface area contributed by atoms with Crippen molar-refractivity contribution in [2.45, 2.75) is 26.1 Å². The van der Waals surface area contributed by atoms with E-state index in [1.165, 1.54) is 23.5 Å². The molecule has 24 heavy (non-hydrogen) atoms. The van der Waals surface area contributed by atoms with Gasteiger partial charge in [0, 0.05) is 0 Å². The highest BCUT2D eigenvalue weighted by atomic mass is 32.1. The third-order valence-corrected chi connectivity index (χ3v) is 4.21. The number of aromatic nitrogens is 4. The lowest BCUT2D eigenvalue weighted by Gasteiger charge is -2.10. The van der Waals surface area contributed by atoms with Crippen LogP contribution < -0.4 is 5.32 Å². The molecule has 3 aromatic rings. The fourth-order valence-corrected chi connectivity index (χ4v) is 2.90. The lowest BCUT2D eigenvalue weighted by molar-refractivity contribution is -0.147. The summed E-state index contributed by atoms with van der Waals surface area (Å²) in [5, 5.41) is 11.1. The van der Waals surface area contributed by atoms with Gasteiger partial charge in [-0.25, -0.2) is 4.98 Å². The first-order valence-corrected chi connectivity index (χ1v) is 7.85. The first-order chi connectivity index (χ1) is 11.4. The van der Waals surface area contributed by atoms with Gasteiger partial charge in [-0.2, -0.15) is 13.2 Å². The van der Waals surface area contributed by atoms with E-state index in [0.717, 1.165) is 9.57 Å². The first-order valence-electron chi connectivity index (χ1n) is 7.03. The molecular formula is C14H12F3N5OS. The van der Waals surface area contributed by atoms with Gasteiger partial charge in [-0.15, -0.1) is 10.2 Å². The maximum absolute atomic E-state index is 13.2. The average Bonchev–Trinajstić information content (AvgIpc) is 3.12. The number of benzene rings is 1. The van der Waals surface area contributed by atoms with E-state index < -0.39 is 24.5 Å². The monoisotopic (exact) mass is 355 g/mol. The Bertz CT molecular complexity index is 886. The molecule has 1 N–H and O–H groups in total. The van der Waals surface area contributed by atoms with Crippen LogP contribution in [0.2, 0.25) is 0 Å². The summed E-state index contributed by atoms with van der Waals surface area (Å²) in [6.45, 7) is 1.37. The molecule has 6 nitrogen and oxygen atoms in total. The van der Waals surface area contributed by atoms with Gasteiger partial charge >= 0.3 is 6.18 Å². The third kappa shape index (κ3) is 3.23. The molecule has 0 unspecified atom stereocenters. The van der Waals surface area contributed by atoms with Gasteiger partial charge in [-0.3, -0.25) is 10.1 Å². The van der Waals surface area contributed by atoms with Crippen molar-refractivity contribution in [3.05, 3.63) is 35.1 Å². The fraction of sp³-hybridized carbons (Fsp3) is 0.286. The molecule has 0 atom stereocenters. The van der Waals surface area contributed by atoms with E-state index in [2.05, 4.69) is 20.5 Å². The minimum Gasteiger partial charge on any atom is -0.311 e. The van der Waals surface area contributed by atoms with Crippen LogP contribution in [-0.2, 0) is 23.9 Å². The summed E-state index contributed by atoms with van der Waals surface area (Å²) in [4.78, 5) is 15.7. The molecule has 0 aliphatic rings. The Morgan fingerprint density at radius 2 is 2.04 bits per heavy atom. The van der Waals surface area contributed by atoms with Crippen LogP contribution in [0.5, 0.6) is 0 Å². The Morgan fingerprint density at radius 3 is 2.71 bits per heavy atom. The van der Waals surface area contributed by atoms with Crippen molar-refractivity contribution in [2.24, 2.45) is 0 Å². The lowest BCUT2D eigenvalue weighted by atomic mass is 10.3. The highest BCUT2D eigenvalue weighted by Gasteiger charge is 2.38. The zero-order valence-corrected chi connectivity index (χ0v) is 13.3. The number of nitrogens with one attached hydrogen (secondary N) is 1. The number of hydrogen-bond donors (Lipinski definition) is 1. The smallest absolute Gasteiger partial charge is 0.311 e. The number of imidazole rings is 1. The summed E-state index contributed by atoms with van der Waals surface area (Å²) < 4.78 is 40.4. The topological polar surface area (TPSA) is 72.7 Å². The molecular weight excluding hydrogens is 343 g/mol. The van der Waals surface area contributed by atoms with E-state index in [4.69, 9.17) is 0 Å². The van der Waals surface area contributed by atoms with Gasteiger partial charge in [-0.1, -0.05) is 30.4 Å². The average molecular weight is 355 g/mol. The molecule has 1 amide bonds. The molecule has 2 heterocycles. The molecule has 0 saturated heterocycles. The van der Waals surface area contributed by atoms with Crippen LogP contribution in [-0.4, -0.2) is 25.7 Å². The summed E-state index contributed by atoms with van der Waals surface area (Å²) in [5.41, 5.74) is 0.424. The molecule has 126 valence electrons. The van der Waals surface area contributed by atoms with Crippen molar-refractivity contribution in [1.29, 1.82) is 0 Å². The third-order valence-electron chi connectivity index (χ3n) is 3.23. The van der Waals surface area contributed by atoms with Gasteiger partial charge in [0.05, 0.1) is 11.0 Å². The molecule has 2 aromatic heterocycles. The minimum absolute atomic E-state index is 0.182. The van der Waals surface area contributed by atoms with E-state index >= 15 is 0 Å². The lowest BCUT2D eigenvalue weighted by Crippen LogP contribution is -2.23. The van der Waals surface area contributed by atoms with Crippen LogP contribution in [0.4, 0.5) is 18.3 Å². The number of halogens is 3. The number of fused-ring (bicyclic) bond motifs is 1. The predicted octanol–water partition coefficient (Wildman–Crippen LogP) is 3.11. The summed E-state index contributed by atoms with van der Waals surface area (Å²) in [5.74, 6) is -1.73. The molecule has 0 spiro atoms. The number of nitrogens with zero attached hydrogens (tertiary/aromatic N) is 4. The van der Waals surface area contributed by atoms with Crippen molar-refractivity contribution in [1.82, 2.24) is 19.7 Å². The van der Waals surface area contributed by atoms with Crippen molar-refractivity contribution in [3.8, 4) is 0 Å². The van der Waals surface area contributed by atoms with E-state index in [1.807, 2.05) is 6.92 Å². The molecule has 3 rings (SSSR count). The van der Waals surface area contributed by atoms with Crippen molar-refractivity contribution >= 4 is 33.4 Å². The largest absolute Gasteiger partial charge is 0.449 e. The van der Waals surface area contributed by atoms with Gasteiger partial charge in [0.2, 0.25) is 16.9 Å². The van der Waals surface area contributed by atoms with Gasteiger partial charge in [0.15, 0.2) is 0 Å². The van der Waals surface area contributed by atoms with Crippen LogP contribution in [0, 0.1) is 0 Å². The second kappa shape index (κ2) is 6.19. The first kappa shape index (κ1) is 16.4. The number of amides is 1. The summed E-state index contributed by atoms with van der Waals surface area (Å²) >= 11 is 1.19. The Labute approximate surface area is 138 Å². The molecule has 0 aliphatic carbocycles. The van der Waals surface area contributed by atoms with Crippen LogP contribution in [0.15, 0.2) is 24.3 Å². The Balaban J connectivity index is 1.89. The highest BCUT2D eigenvalue weighted by Crippen LogP contribution is 2.31. The predicted molar refractivity (Wildman–Crippen MR) is 82.7 cm³/mol. The Morgan fingerprint density at radius 1 is 1.29 bits per heavy atom. The number of carbonyl (C=O) groups is 1. The maximum atomic E-state index is 13.2. The standard InChI is InChI=1S/C14H12F3N5OS/c1-2-11-20-21-13(24-11)19-10(23)7-22-9-6-4-3-5-8(9)18-12(22)14(15,16)17/h3-6H,2,7H2,1H3,(H,19,21,23). The van der Waals surface area contributed by atoms with Crippen LogP contribution in [0.1, 0.15) is 17.8 Å². The number of rotatable bonds is 4. The molecule has 0 bridgehead atoms. The fourth-order valence-electron chi connectivity index (χ4n) is 2.20. The van der Waals surface area contributed by atoms with Gasteiger partial charge in [0.1, 0.15) is 11.6 Å². The number of hydrogen-bond acceptors (Lipinski definition) is 5. The van der Waals surface area contributed by atoms with E-state index in [1.54, 1.807) is 12.1 Å². The van der Waals surface area contributed by atoms with Gasteiger partial charge < -0.3 is 4.57 Å². The number of aryl methyl sites for hydroxylation is 1. The molecule has 0 aliphatic heterocycles. The normalized spacial score (nSPS) is 11.8. The minimum atomic E-state index is -4.66. The quantitative estimate of drug-likeness (QED) is 0.780. The number of para-hydroxylation sites is 2. The second-order valence-electron chi connectivity index (χ2n) is 4.91. The molecule has 10 heteroatoms. The molecule has 0 radical (unpaired) electrons. The molecule has 0 fully saturated rings. The zero-order chi connectivity index (χ0) is 17.3. The van der Waals surface area contributed by atoms with Crippen LogP contribution in [0.3, 0.4) is 0 Å². The maximum Gasteiger partial charge on any atom is 0.449 e. The molecule has 0 saturated carbocycles. The van der Waals surface area contributed by atoms with E-state index in [0.29, 0.717) is 6.42 Å². The summed E-state index contributed by atoms with van der Waals surface area (Å²) in [7, 11) is 0. The van der Waals surface area contributed by atoms with Crippen LogP contribution in [0.25, 0.3) is 11.0 Å².